The summed E-state index contributed by atoms with van der Waals surface area (Å²) in [5, 5.41) is 12.7. The van der Waals surface area contributed by atoms with Gasteiger partial charge in [0, 0.05) is 6.54 Å². The van der Waals surface area contributed by atoms with Crippen LogP contribution >= 0.6 is 11.3 Å². The molecule has 9 heteroatoms. The summed E-state index contributed by atoms with van der Waals surface area (Å²) in [7, 11) is 0.471. The second-order valence-corrected chi connectivity index (χ2v) is 7.78. The molecule has 0 atom stereocenters. The molecule has 0 saturated carbocycles. The van der Waals surface area contributed by atoms with E-state index in [0.29, 0.717) is 5.82 Å². The van der Waals surface area contributed by atoms with Gasteiger partial charge in [-0.2, -0.15) is 0 Å². The summed E-state index contributed by atoms with van der Waals surface area (Å²) in [6.45, 7) is 1.77. The molecule has 0 unspecified atom stereocenters. The van der Waals surface area contributed by atoms with Crippen LogP contribution in [0, 0.1) is 0 Å². The number of rotatable bonds is 8. The Bertz CT molecular complexity index is 669. The van der Waals surface area contributed by atoms with Crippen LogP contribution in [-0.4, -0.2) is 50.7 Å². The first kappa shape index (κ1) is 16.7. The van der Waals surface area contributed by atoms with E-state index in [0.717, 1.165) is 30.8 Å². The van der Waals surface area contributed by atoms with Crippen molar-refractivity contribution < 1.29 is 8.42 Å². The minimum Gasteiger partial charge on any atom is -0.369 e. The molecule has 2 aromatic rings. The lowest BCUT2D eigenvalue weighted by atomic mass is 10.4. The van der Waals surface area contributed by atoms with Crippen LogP contribution in [0.15, 0.2) is 33.9 Å². The van der Waals surface area contributed by atoms with Gasteiger partial charge in [0.15, 0.2) is 5.82 Å². The van der Waals surface area contributed by atoms with Crippen molar-refractivity contribution in [2.75, 3.05) is 37.2 Å². The van der Waals surface area contributed by atoms with E-state index >= 15 is 0 Å². The standard InChI is InChI=1S/C13H19N5O2S2/c1-18(2)9-4-8-14-11-6-7-12(16-15-11)17-22(19,20)13-5-3-10-21-13/h3,5-7,10H,4,8-9H2,1-2H3,(H,14,15)(H,16,17). The quantitative estimate of drug-likeness (QED) is 0.711. The molecule has 0 amide bonds. The summed E-state index contributed by atoms with van der Waals surface area (Å²) < 4.78 is 26.7. The largest absolute Gasteiger partial charge is 0.369 e. The number of thiophene rings is 1. The molecule has 0 spiro atoms. The minimum atomic E-state index is -3.57. The van der Waals surface area contributed by atoms with E-state index in [1.54, 1.807) is 29.6 Å². The lowest BCUT2D eigenvalue weighted by molar-refractivity contribution is 0.405. The topological polar surface area (TPSA) is 87.2 Å². The molecule has 0 fully saturated rings. The Morgan fingerprint density at radius 3 is 2.50 bits per heavy atom. The predicted molar refractivity (Wildman–Crippen MR) is 88.8 cm³/mol. The Morgan fingerprint density at radius 2 is 1.91 bits per heavy atom. The number of nitrogens with zero attached hydrogens (tertiary/aromatic N) is 3. The van der Waals surface area contributed by atoms with Crippen molar-refractivity contribution in [2.24, 2.45) is 0 Å². The number of anilines is 2. The summed E-state index contributed by atoms with van der Waals surface area (Å²) in [5.41, 5.74) is 0. The highest BCUT2D eigenvalue weighted by atomic mass is 32.2. The fourth-order valence-electron chi connectivity index (χ4n) is 1.70. The molecule has 0 aliphatic carbocycles. The van der Waals surface area contributed by atoms with Gasteiger partial charge < -0.3 is 10.2 Å². The number of hydrogen-bond donors (Lipinski definition) is 2. The lowest BCUT2D eigenvalue weighted by Crippen LogP contribution is -2.17. The molecular formula is C13H19N5O2S2. The molecule has 0 bridgehead atoms. The predicted octanol–water partition coefficient (Wildman–Crippen LogP) is 1.70. The molecule has 0 saturated heterocycles. The van der Waals surface area contributed by atoms with E-state index in [4.69, 9.17) is 0 Å². The van der Waals surface area contributed by atoms with Gasteiger partial charge in [0.2, 0.25) is 0 Å². The Kier molecular flexibility index (Phi) is 5.69. The second-order valence-electron chi connectivity index (χ2n) is 4.93. The first-order chi connectivity index (χ1) is 10.5. The van der Waals surface area contributed by atoms with Gasteiger partial charge >= 0.3 is 0 Å². The molecule has 0 radical (unpaired) electrons. The molecule has 7 nitrogen and oxygen atoms in total. The van der Waals surface area contributed by atoms with Crippen LogP contribution in [0.25, 0.3) is 0 Å². The van der Waals surface area contributed by atoms with Gasteiger partial charge in [0.1, 0.15) is 10.0 Å². The fourth-order valence-corrected chi connectivity index (χ4v) is 3.69. The van der Waals surface area contributed by atoms with Crippen LogP contribution < -0.4 is 10.0 Å². The summed E-state index contributed by atoms with van der Waals surface area (Å²) in [4.78, 5) is 2.11. The maximum Gasteiger partial charge on any atom is 0.272 e. The maximum absolute atomic E-state index is 12.0. The molecule has 0 aliphatic rings. The van der Waals surface area contributed by atoms with E-state index in [2.05, 4.69) is 25.1 Å². The van der Waals surface area contributed by atoms with Crippen molar-refractivity contribution >= 4 is 33.0 Å². The zero-order valence-electron chi connectivity index (χ0n) is 12.5. The third kappa shape index (κ3) is 4.93. The normalized spacial score (nSPS) is 11.6. The van der Waals surface area contributed by atoms with E-state index in [-0.39, 0.29) is 10.0 Å². The lowest BCUT2D eigenvalue weighted by Gasteiger charge is -2.10. The third-order valence-corrected chi connectivity index (χ3v) is 5.50. The van der Waals surface area contributed by atoms with Crippen LogP contribution in [0.1, 0.15) is 6.42 Å². The minimum absolute atomic E-state index is 0.201. The number of hydrogen-bond acceptors (Lipinski definition) is 7. The summed E-state index contributed by atoms with van der Waals surface area (Å²) in [6.07, 6.45) is 0.988. The number of aromatic nitrogens is 2. The van der Waals surface area contributed by atoms with E-state index in [1.807, 2.05) is 14.1 Å². The van der Waals surface area contributed by atoms with Crippen molar-refractivity contribution in [1.29, 1.82) is 0 Å². The van der Waals surface area contributed by atoms with Crippen LogP contribution in [0.5, 0.6) is 0 Å². The van der Waals surface area contributed by atoms with Crippen LogP contribution in [-0.2, 0) is 10.0 Å². The van der Waals surface area contributed by atoms with Crippen molar-refractivity contribution in [3.8, 4) is 0 Å². The molecule has 2 aromatic heterocycles. The Morgan fingerprint density at radius 1 is 1.18 bits per heavy atom. The average molecular weight is 341 g/mol. The molecule has 22 heavy (non-hydrogen) atoms. The zero-order valence-corrected chi connectivity index (χ0v) is 14.1. The molecule has 2 N–H and O–H groups in total. The summed E-state index contributed by atoms with van der Waals surface area (Å²) >= 11 is 1.15. The van der Waals surface area contributed by atoms with Crippen LogP contribution in [0.4, 0.5) is 11.6 Å². The SMILES string of the molecule is CN(C)CCCNc1ccc(NS(=O)(=O)c2cccs2)nn1. The monoisotopic (exact) mass is 341 g/mol. The fraction of sp³-hybridized carbons (Fsp3) is 0.385. The summed E-state index contributed by atoms with van der Waals surface area (Å²) in [6, 6.07) is 6.52. The van der Waals surface area contributed by atoms with Gasteiger partial charge in [-0.3, -0.25) is 4.72 Å². The van der Waals surface area contributed by atoms with Gasteiger partial charge in [0.05, 0.1) is 0 Å². The zero-order chi connectivity index (χ0) is 16.0. The van der Waals surface area contributed by atoms with E-state index in [9.17, 15) is 8.42 Å². The second kappa shape index (κ2) is 7.52. The van der Waals surface area contributed by atoms with Crippen LogP contribution in [0.2, 0.25) is 0 Å². The molecule has 120 valence electrons. The molecule has 2 rings (SSSR count). The highest BCUT2D eigenvalue weighted by Crippen LogP contribution is 2.19. The molecule has 0 aromatic carbocycles. The smallest absolute Gasteiger partial charge is 0.272 e. The van der Waals surface area contributed by atoms with Gasteiger partial charge in [0.25, 0.3) is 10.0 Å². The Hall–Kier alpha value is -1.71. The maximum atomic E-state index is 12.0. The average Bonchev–Trinajstić information content (AvgIpc) is 3.00. The number of nitrogens with one attached hydrogen (secondary N) is 2. The van der Waals surface area contributed by atoms with Gasteiger partial charge in [-0.25, -0.2) is 8.42 Å². The van der Waals surface area contributed by atoms with Gasteiger partial charge in [-0.1, -0.05) is 6.07 Å². The number of sulfonamides is 1. The van der Waals surface area contributed by atoms with Crippen LogP contribution in [0.3, 0.4) is 0 Å². The highest BCUT2D eigenvalue weighted by Gasteiger charge is 2.15. The molecule has 0 aliphatic heterocycles. The van der Waals surface area contributed by atoms with Crippen molar-refractivity contribution in [3.63, 3.8) is 0 Å². The highest BCUT2D eigenvalue weighted by molar-refractivity contribution is 7.94. The van der Waals surface area contributed by atoms with E-state index < -0.39 is 10.0 Å². The van der Waals surface area contributed by atoms with Crippen molar-refractivity contribution in [2.45, 2.75) is 10.6 Å². The first-order valence-corrected chi connectivity index (χ1v) is 9.12. The van der Waals surface area contributed by atoms with E-state index in [1.165, 1.54) is 0 Å². The Labute approximate surface area is 134 Å². The van der Waals surface area contributed by atoms with Crippen molar-refractivity contribution in [1.82, 2.24) is 15.1 Å². The first-order valence-electron chi connectivity index (χ1n) is 6.76. The Balaban J connectivity index is 1.89. The van der Waals surface area contributed by atoms with Gasteiger partial charge in [-0.05, 0) is 50.6 Å². The summed E-state index contributed by atoms with van der Waals surface area (Å²) in [5.74, 6) is 0.824. The molecular weight excluding hydrogens is 322 g/mol. The van der Waals surface area contributed by atoms with Crippen molar-refractivity contribution in [3.05, 3.63) is 29.6 Å². The third-order valence-electron chi connectivity index (χ3n) is 2.75. The molecule has 2 heterocycles. The van der Waals surface area contributed by atoms with Gasteiger partial charge in [-0.15, -0.1) is 21.5 Å².